The minimum atomic E-state index is -0.190. The first kappa shape index (κ1) is 11.5. The van der Waals surface area contributed by atoms with Gasteiger partial charge in [0.15, 0.2) is 0 Å². The zero-order valence-electron chi connectivity index (χ0n) is 8.33. The molecule has 0 fully saturated rings. The second kappa shape index (κ2) is 4.47. The summed E-state index contributed by atoms with van der Waals surface area (Å²) in [6.07, 6.45) is 3.25. The number of ether oxygens (including phenoxy) is 1. The predicted molar refractivity (Wildman–Crippen MR) is 68.3 cm³/mol. The molecule has 0 saturated heterocycles. The summed E-state index contributed by atoms with van der Waals surface area (Å²) in [4.78, 5) is 14.1. The van der Waals surface area contributed by atoms with E-state index in [0.717, 1.165) is 14.6 Å². The number of nitrogens with zero attached hydrogens (tertiary/aromatic N) is 1. The summed E-state index contributed by atoms with van der Waals surface area (Å²) in [5, 5.41) is 0. The maximum atomic E-state index is 11.5. The average molecular weight is 348 g/mol. The minimum absolute atomic E-state index is 0.190. The molecule has 1 aromatic heterocycles. The number of aromatic amines is 1. The van der Waals surface area contributed by atoms with Crippen LogP contribution in [-0.2, 0) is 0 Å². The Morgan fingerprint density at radius 1 is 1.31 bits per heavy atom. The van der Waals surface area contributed by atoms with Crippen molar-refractivity contribution < 1.29 is 4.74 Å². The third kappa shape index (κ3) is 1.94. The molecule has 0 aliphatic heterocycles. The predicted octanol–water partition coefficient (Wildman–Crippen LogP) is 2.70. The van der Waals surface area contributed by atoms with Gasteiger partial charge in [-0.1, -0.05) is 0 Å². The fraction of sp³-hybridized carbons (Fsp3) is 0.100. The van der Waals surface area contributed by atoms with Crippen molar-refractivity contribution >= 4 is 31.9 Å². The van der Waals surface area contributed by atoms with E-state index in [2.05, 4.69) is 36.8 Å². The number of benzene rings is 1. The van der Waals surface area contributed by atoms with E-state index in [-0.39, 0.29) is 5.69 Å². The number of nitrogens with one attached hydrogen (secondary N) is 1. The largest absolute Gasteiger partial charge is 0.495 e. The molecule has 1 heterocycles. The van der Waals surface area contributed by atoms with Crippen molar-refractivity contribution in [3.63, 3.8) is 0 Å². The van der Waals surface area contributed by atoms with Crippen molar-refractivity contribution in [1.82, 2.24) is 9.55 Å². The number of imidazole rings is 1. The summed E-state index contributed by atoms with van der Waals surface area (Å²) in [6.45, 7) is 0. The van der Waals surface area contributed by atoms with Crippen LogP contribution < -0.4 is 10.4 Å². The van der Waals surface area contributed by atoms with E-state index in [1.807, 2.05) is 6.07 Å². The highest BCUT2D eigenvalue weighted by atomic mass is 79.9. The molecule has 0 saturated carbocycles. The second-order valence-electron chi connectivity index (χ2n) is 3.07. The van der Waals surface area contributed by atoms with E-state index in [0.29, 0.717) is 5.75 Å². The molecule has 1 N–H and O–H groups in total. The molecule has 1 aromatic carbocycles. The maximum absolute atomic E-state index is 11.5. The standard InChI is InChI=1S/C10H8Br2N2O2/c1-16-9-5-8(6(11)4-7(9)12)14-3-2-13-10(14)15/h2-5H,1H3,(H,13,15). The van der Waals surface area contributed by atoms with E-state index in [4.69, 9.17) is 4.74 Å². The highest BCUT2D eigenvalue weighted by Crippen LogP contribution is 2.32. The highest BCUT2D eigenvalue weighted by molar-refractivity contribution is 9.11. The lowest BCUT2D eigenvalue weighted by molar-refractivity contribution is 0.412. The smallest absolute Gasteiger partial charge is 0.330 e. The number of halogens is 2. The van der Waals surface area contributed by atoms with Crippen LogP contribution in [0.25, 0.3) is 5.69 Å². The molecule has 16 heavy (non-hydrogen) atoms. The number of aromatic nitrogens is 2. The number of methoxy groups -OCH3 is 1. The van der Waals surface area contributed by atoms with Crippen molar-refractivity contribution in [3.05, 3.63) is 44.0 Å². The van der Waals surface area contributed by atoms with Gasteiger partial charge in [-0.25, -0.2) is 4.79 Å². The Kier molecular flexibility index (Phi) is 3.20. The van der Waals surface area contributed by atoms with Gasteiger partial charge >= 0.3 is 5.69 Å². The minimum Gasteiger partial charge on any atom is -0.495 e. The zero-order valence-corrected chi connectivity index (χ0v) is 11.5. The Morgan fingerprint density at radius 3 is 2.62 bits per heavy atom. The lowest BCUT2D eigenvalue weighted by Gasteiger charge is -2.09. The number of rotatable bonds is 2. The SMILES string of the molecule is COc1cc(-n2cc[nH]c2=O)c(Br)cc1Br. The van der Waals surface area contributed by atoms with Crippen LogP contribution in [0.5, 0.6) is 5.75 Å². The summed E-state index contributed by atoms with van der Waals surface area (Å²) in [7, 11) is 1.58. The van der Waals surface area contributed by atoms with Crippen LogP contribution >= 0.6 is 31.9 Å². The number of hydrogen-bond donors (Lipinski definition) is 1. The van der Waals surface area contributed by atoms with Crippen LogP contribution in [0.2, 0.25) is 0 Å². The van der Waals surface area contributed by atoms with Gasteiger partial charge in [-0.2, -0.15) is 0 Å². The van der Waals surface area contributed by atoms with Crippen LogP contribution in [0.15, 0.2) is 38.3 Å². The normalized spacial score (nSPS) is 10.4. The van der Waals surface area contributed by atoms with Crippen molar-refractivity contribution in [3.8, 4) is 11.4 Å². The second-order valence-corrected chi connectivity index (χ2v) is 4.78. The van der Waals surface area contributed by atoms with Crippen LogP contribution in [0, 0.1) is 0 Å². The molecule has 2 rings (SSSR count). The summed E-state index contributed by atoms with van der Waals surface area (Å²) in [5.74, 6) is 0.673. The monoisotopic (exact) mass is 346 g/mol. The van der Waals surface area contributed by atoms with Gasteiger partial charge in [0.2, 0.25) is 0 Å². The van der Waals surface area contributed by atoms with Gasteiger partial charge in [-0.05, 0) is 37.9 Å². The van der Waals surface area contributed by atoms with Gasteiger partial charge in [0, 0.05) is 22.9 Å². The first-order valence-electron chi connectivity index (χ1n) is 4.43. The van der Waals surface area contributed by atoms with E-state index in [9.17, 15) is 4.79 Å². The van der Waals surface area contributed by atoms with Crippen LogP contribution in [0.1, 0.15) is 0 Å². The van der Waals surface area contributed by atoms with Gasteiger partial charge in [-0.15, -0.1) is 0 Å². The molecule has 0 aliphatic carbocycles. The molecule has 84 valence electrons. The van der Waals surface area contributed by atoms with Crippen molar-refractivity contribution in [2.45, 2.75) is 0 Å². The number of hydrogen-bond acceptors (Lipinski definition) is 2. The Bertz CT molecular complexity index is 574. The highest BCUT2D eigenvalue weighted by Gasteiger charge is 2.10. The summed E-state index contributed by atoms with van der Waals surface area (Å²) >= 11 is 6.78. The summed E-state index contributed by atoms with van der Waals surface area (Å²) < 4.78 is 8.32. The molecule has 0 spiro atoms. The van der Waals surface area contributed by atoms with E-state index < -0.39 is 0 Å². The van der Waals surface area contributed by atoms with Gasteiger partial charge in [0.25, 0.3) is 0 Å². The fourth-order valence-corrected chi connectivity index (χ4v) is 2.72. The number of H-pyrrole nitrogens is 1. The molecule has 0 aliphatic rings. The Balaban J connectivity index is 2.66. The fourth-order valence-electron chi connectivity index (χ4n) is 1.37. The Labute approximate surface area is 109 Å². The third-order valence-electron chi connectivity index (χ3n) is 2.13. The Morgan fingerprint density at radius 2 is 2.06 bits per heavy atom. The van der Waals surface area contributed by atoms with E-state index in [1.54, 1.807) is 25.6 Å². The van der Waals surface area contributed by atoms with E-state index in [1.165, 1.54) is 4.57 Å². The van der Waals surface area contributed by atoms with Crippen LogP contribution in [0.4, 0.5) is 0 Å². The quantitative estimate of drug-likeness (QED) is 0.907. The molecule has 0 bridgehead atoms. The first-order valence-corrected chi connectivity index (χ1v) is 6.01. The van der Waals surface area contributed by atoms with Crippen molar-refractivity contribution in [1.29, 1.82) is 0 Å². The van der Waals surface area contributed by atoms with Gasteiger partial charge in [0.1, 0.15) is 5.75 Å². The van der Waals surface area contributed by atoms with Crippen molar-refractivity contribution in [2.24, 2.45) is 0 Å². The summed E-state index contributed by atoms with van der Waals surface area (Å²) in [5.41, 5.74) is 0.538. The van der Waals surface area contributed by atoms with E-state index >= 15 is 0 Å². The van der Waals surface area contributed by atoms with Gasteiger partial charge < -0.3 is 9.72 Å². The average Bonchev–Trinajstić information content (AvgIpc) is 2.65. The zero-order chi connectivity index (χ0) is 11.7. The lowest BCUT2D eigenvalue weighted by Crippen LogP contribution is -2.14. The molecular formula is C10H8Br2N2O2. The molecular weight excluding hydrogens is 340 g/mol. The maximum Gasteiger partial charge on any atom is 0.330 e. The summed E-state index contributed by atoms with van der Waals surface area (Å²) in [6, 6.07) is 3.62. The molecule has 2 aromatic rings. The van der Waals surface area contributed by atoms with Crippen LogP contribution in [0.3, 0.4) is 0 Å². The third-order valence-corrected chi connectivity index (χ3v) is 3.38. The molecule has 0 unspecified atom stereocenters. The Hall–Kier alpha value is -1.01. The van der Waals surface area contributed by atoms with Crippen molar-refractivity contribution in [2.75, 3.05) is 7.11 Å². The lowest BCUT2D eigenvalue weighted by atomic mass is 10.3. The molecule has 0 atom stereocenters. The topological polar surface area (TPSA) is 47.0 Å². The van der Waals surface area contributed by atoms with Gasteiger partial charge in [0.05, 0.1) is 17.3 Å². The molecule has 0 radical (unpaired) electrons. The molecule has 6 heteroatoms. The molecule has 4 nitrogen and oxygen atoms in total. The van der Waals surface area contributed by atoms with Gasteiger partial charge in [-0.3, -0.25) is 4.57 Å². The first-order chi connectivity index (χ1) is 7.63. The molecule has 0 amide bonds. The van der Waals surface area contributed by atoms with Crippen LogP contribution in [-0.4, -0.2) is 16.7 Å².